The average Bonchev–Trinajstić information content (AvgIpc) is 3.00. The largest absolute Gasteiger partial charge is 0.345 e. The summed E-state index contributed by atoms with van der Waals surface area (Å²) in [7, 11) is 0. The maximum absolute atomic E-state index is 10.1. The Hall–Kier alpha value is -0.800. The van der Waals surface area contributed by atoms with Crippen LogP contribution in [0.2, 0.25) is 0 Å². The summed E-state index contributed by atoms with van der Waals surface area (Å²) in [4.78, 5) is 0. The van der Waals surface area contributed by atoms with Gasteiger partial charge in [-0.25, -0.2) is 0 Å². The van der Waals surface area contributed by atoms with Crippen LogP contribution in [0.5, 0.6) is 0 Å². The topological polar surface area (TPSA) is 32.3 Å². The van der Waals surface area contributed by atoms with Crippen LogP contribution in [0.3, 0.4) is 0 Å². The summed E-state index contributed by atoms with van der Waals surface area (Å²) in [5, 5.41) is 13.6. The molecular weight excluding hydrogens is 296 g/mol. The number of aliphatic hydroxyl groups is 1. The molecule has 0 aliphatic carbocycles. The molecule has 3 nitrogen and oxygen atoms in total. The number of unbranched alkanes of at least 4 members (excludes halogenated alkanes) is 10. The van der Waals surface area contributed by atoms with Crippen LogP contribution in [0.4, 0.5) is 0 Å². The molecule has 2 N–H and O–H groups in total. The summed E-state index contributed by atoms with van der Waals surface area (Å²) in [5.74, 6) is 0. The predicted octanol–water partition coefficient (Wildman–Crippen LogP) is 5.43. The highest BCUT2D eigenvalue weighted by Crippen LogP contribution is 2.25. The Kier molecular flexibility index (Phi) is 11.1. The Morgan fingerprint density at radius 3 is 2.08 bits per heavy atom. The van der Waals surface area contributed by atoms with Gasteiger partial charge in [-0.1, -0.05) is 57.4 Å². The molecule has 1 heterocycles. The highest BCUT2D eigenvalue weighted by Gasteiger charge is 2.40. The van der Waals surface area contributed by atoms with E-state index >= 15 is 0 Å². The number of nitrogens with zero attached hydrogens (tertiary/aromatic N) is 1. The zero-order valence-corrected chi connectivity index (χ0v) is 16.2. The van der Waals surface area contributed by atoms with E-state index in [9.17, 15) is 5.11 Å². The van der Waals surface area contributed by atoms with E-state index < -0.39 is 0 Å². The first-order chi connectivity index (χ1) is 11.7. The minimum Gasteiger partial charge on any atom is -0.345 e. The lowest BCUT2D eigenvalue weighted by atomic mass is 10.0. The fourth-order valence-corrected chi connectivity index (χ4v) is 3.87. The molecule has 3 atom stereocenters. The van der Waals surface area contributed by atoms with Crippen LogP contribution < -0.4 is 5.32 Å². The van der Waals surface area contributed by atoms with Gasteiger partial charge in [0.25, 0.3) is 0 Å². The molecule has 0 aromatic heterocycles. The second-order valence-corrected chi connectivity index (χ2v) is 7.34. The molecule has 1 rings (SSSR count). The molecule has 140 valence electrons. The van der Waals surface area contributed by atoms with Crippen molar-refractivity contribution in [2.24, 2.45) is 0 Å². The van der Waals surface area contributed by atoms with Crippen molar-refractivity contribution >= 4 is 0 Å². The third kappa shape index (κ3) is 6.98. The normalized spacial score (nSPS) is 24.0. The lowest BCUT2D eigenvalue weighted by molar-refractivity contribution is -0.942. The fourth-order valence-electron chi connectivity index (χ4n) is 3.87. The summed E-state index contributed by atoms with van der Waals surface area (Å²) in [6.07, 6.45) is 22.1. The number of nitrogens with one attached hydrogen (secondary N) is 1. The summed E-state index contributed by atoms with van der Waals surface area (Å²) in [6.45, 7) is 8.78. The number of aliphatic hydroxyl groups excluding tert-OH is 1. The van der Waals surface area contributed by atoms with E-state index in [1.165, 1.54) is 70.6 Å². The van der Waals surface area contributed by atoms with Gasteiger partial charge >= 0.3 is 0 Å². The van der Waals surface area contributed by atoms with Gasteiger partial charge in [0.1, 0.15) is 6.20 Å². The first kappa shape index (κ1) is 21.2. The van der Waals surface area contributed by atoms with E-state index in [4.69, 9.17) is 0 Å². The second kappa shape index (κ2) is 12.5. The molecule has 0 bridgehead atoms. The van der Waals surface area contributed by atoms with Gasteiger partial charge in [0.2, 0.25) is 0 Å². The average molecular weight is 338 g/mol. The fraction of sp³-hybridized carbons (Fsp3) is 0.810. The first-order valence-corrected chi connectivity index (χ1v) is 10.3. The van der Waals surface area contributed by atoms with Crippen molar-refractivity contribution < 1.29 is 9.59 Å². The standard InChI is InChI=1S/C21H41N2O/c1-4-6-7-8-9-10-11-12-13-14-15-16-17-21-22-18-19-23(21,5-2)20(3)24/h4,18-22,24H,1,5-17H2,2-3H3/q+1. The quantitative estimate of drug-likeness (QED) is 0.237. The summed E-state index contributed by atoms with van der Waals surface area (Å²) in [5.41, 5.74) is 0. The van der Waals surface area contributed by atoms with Crippen LogP contribution in [0, 0.1) is 0 Å². The molecule has 3 unspecified atom stereocenters. The van der Waals surface area contributed by atoms with Crippen LogP contribution in [0.1, 0.15) is 90.9 Å². The molecule has 3 heteroatoms. The van der Waals surface area contributed by atoms with Gasteiger partial charge in [-0.15, -0.1) is 6.58 Å². The molecule has 0 aromatic rings. The minimum absolute atomic E-state index is 0.335. The van der Waals surface area contributed by atoms with Gasteiger partial charge in [0.15, 0.2) is 12.4 Å². The number of rotatable bonds is 15. The van der Waals surface area contributed by atoms with E-state index in [2.05, 4.69) is 25.0 Å². The Bertz CT molecular complexity index is 354. The van der Waals surface area contributed by atoms with Gasteiger partial charge in [-0.3, -0.25) is 4.48 Å². The number of hydrogen-bond donors (Lipinski definition) is 2. The van der Waals surface area contributed by atoms with Crippen LogP contribution in [0.25, 0.3) is 0 Å². The third-order valence-corrected chi connectivity index (χ3v) is 5.60. The number of allylic oxidation sites excluding steroid dienone is 1. The molecule has 0 amide bonds. The molecule has 0 saturated carbocycles. The molecule has 0 spiro atoms. The third-order valence-electron chi connectivity index (χ3n) is 5.60. The van der Waals surface area contributed by atoms with Gasteiger partial charge in [0.05, 0.1) is 12.7 Å². The van der Waals surface area contributed by atoms with Crippen LogP contribution >= 0.6 is 0 Å². The van der Waals surface area contributed by atoms with E-state index in [0.717, 1.165) is 13.0 Å². The maximum Gasteiger partial charge on any atom is 0.193 e. The van der Waals surface area contributed by atoms with Gasteiger partial charge in [0, 0.05) is 13.3 Å². The lowest BCUT2D eigenvalue weighted by Crippen LogP contribution is -2.57. The molecule has 0 saturated heterocycles. The summed E-state index contributed by atoms with van der Waals surface area (Å²) >= 11 is 0. The zero-order chi connectivity index (χ0) is 17.7. The second-order valence-electron chi connectivity index (χ2n) is 7.34. The molecule has 1 aliphatic heterocycles. The molecule has 1 aliphatic rings. The summed E-state index contributed by atoms with van der Waals surface area (Å²) < 4.78 is 0.672. The monoisotopic (exact) mass is 337 g/mol. The zero-order valence-electron chi connectivity index (χ0n) is 16.2. The van der Waals surface area contributed by atoms with Crippen molar-refractivity contribution in [1.29, 1.82) is 0 Å². The van der Waals surface area contributed by atoms with Crippen LogP contribution in [-0.4, -0.2) is 28.5 Å². The van der Waals surface area contributed by atoms with E-state index in [1.54, 1.807) is 0 Å². The van der Waals surface area contributed by atoms with Crippen molar-refractivity contribution in [3.8, 4) is 0 Å². The first-order valence-electron chi connectivity index (χ1n) is 10.3. The SMILES string of the molecule is C=CCCCCCCCCCCCCC1NC=C[N+]1(CC)C(C)O. The van der Waals surface area contributed by atoms with Gasteiger partial charge < -0.3 is 10.4 Å². The van der Waals surface area contributed by atoms with E-state index in [0.29, 0.717) is 10.6 Å². The van der Waals surface area contributed by atoms with Crippen molar-refractivity contribution in [2.75, 3.05) is 6.54 Å². The Morgan fingerprint density at radius 2 is 1.58 bits per heavy atom. The maximum atomic E-state index is 10.1. The van der Waals surface area contributed by atoms with Crippen molar-refractivity contribution in [1.82, 2.24) is 5.32 Å². The highest BCUT2D eigenvalue weighted by atomic mass is 16.3. The van der Waals surface area contributed by atoms with Crippen LogP contribution in [0.15, 0.2) is 25.1 Å². The van der Waals surface area contributed by atoms with Crippen LogP contribution in [-0.2, 0) is 0 Å². The lowest BCUT2D eigenvalue weighted by Gasteiger charge is -2.39. The highest BCUT2D eigenvalue weighted by molar-refractivity contribution is 4.84. The smallest absolute Gasteiger partial charge is 0.193 e. The van der Waals surface area contributed by atoms with Crippen molar-refractivity contribution in [3.05, 3.63) is 25.1 Å². The molecule has 0 fully saturated rings. The Balaban J connectivity index is 1.98. The van der Waals surface area contributed by atoms with Crippen molar-refractivity contribution in [2.45, 2.75) is 103 Å². The molecule has 24 heavy (non-hydrogen) atoms. The summed E-state index contributed by atoms with van der Waals surface area (Å²) in [6, 6.07) is 0. The molecule has 0 aromatic carbocycles. The van der Waals surface area contributed by atoms with Gasteiger partial charge in [-0.2, -0.15) is 0 Å². The van der Waals surface area contributed by atoms with Crippen molar-refractivity contribution in [3.63, 3.8) is 0 Å². The van der Waals surface area contributed by atoms with E-state index in [-0.39, 0.29) is 6.23 Å². The Labute approximate surface area is 150 Å². The molecule has 0 radical (unpaired) electrons. The number of hydrogen-bond acceptors (Lipinski definition) is 2. The molecular formula is C21H41N2O+. The Morgan fingerprint density at radius 1 is 1.04 bits per heavy atom. The predicted molar refractivity (Wildman–Crippen MR) is 104 cm³/mol. The van der Waals surface area contributed by atoms with Gasteiger partial charge in [-0.05, 0) is 26.2 Å². The minimum atomic E-state index is -0.335. The number of quaternary nitrogens is 1. The van der Waals surface area contributed by atoms with E-state index in [1.807, 2.05) is 19.2 Å².